The minimum Gasteiger partial charge on any atom is -0.465 e. The lowest BCUT2D eigenvalue weighted by atomic mass is 9.97. The summed E-state index contributed by atoms with van der Waals surface area (Å²) in [5, 5.41) is 3.21. The van der Waals surface area contributed by atoms with Gasteiger partial charge in [-0.3, -0.25) is 14.5 Å². The molecule has 0 radical (unpaired) electrons. The highest BCUT2D eigenvalue weighted by Gasteiger charge is 2.40. The second-order valence-corrected chi connectivity index (χ2v) is 9.27. The van der Waals surface area contributed by atoms with Crippen molar-refractivity contribution >= 4 is 35.2 Å². The third-order valence-corrected chi connectivity index (χ3v) is 6.67. The number of aromatic nitrogens is 1. The van der Waals surface area contributed by atoms with Crippen LogP contribution in [0, 0.1) is 0 Å². The number of anilines is 1. The van der Waals surface area contributed by atoms with Crippen LogP contribution in [0.25, 0.3) is 5.69 Å². The zero-order valence-electron chi connectivity index (χ0n) is 19.9. The Kier molecular flexibility index (Phi) is 6.69. The van der Waals surface area contributed by atoms with Gasteiger partial charge in [0, 0.05) is 17.3 Å². The molecule has 1 aromatic heterocycles. The first-order chi connectivity index (χ1) is 17.5. The van der Waals surface area contributed by atoms with E-state index in [1.54, 1.807) is 11.8 Å². The van der Waals surface area contributed by atoms with Crippen LogP contribution >= 0.6 is 11.6 Å². The number of amides is 3. The monoisotopic (exact) mass is 506 g/mol. The molecule has 1 aliphatic carbocycles. The van der Waals surface area contributed by atoms with Gasteiger partial charge in [0.1, 0.15) is 19.1 Å². The van der Waals surface area contributed by atoms with Crippen molar-refractivity contribution in [2.45, 2.75) is 31.8 Å². The number of hydrogen-bond acceptors (Lipinski definition) is 4. The van der Waals surface area contributed by atoms with Crippen LogP contribution < -0.4 is 10.2 Å². The molecule has 1 unspecified atom stereocenters. The van der Waals surface area contributed by atoms with Gasteiger partial charge in [-0.15, -0.1) is 0 Å². The van der Waals surface area contributed by atoms with E-state index in [2.05, 4.69) is 9.88 Å². The first-order valence-corrected chi connectivity index (χ1v) is 12.4. The number of esters is 1. The molecule has 36 heavy (non-hydrogen) atoms. The van der Waals surface area contributed by atoms with Crippen LogP contribution in [-0.4, -0.2) is 53.1 Å². The molecule has 2 heterocycles. The van der Waals surface area contributed by atoms with Crippen molar-refractivity contribution in [1.82, 2.24) is 14.8 Å². The lowest BCUT2D eigenvalue weighted by Crippen LogP contribution is -2.50. The van der Waals surface area contributed by atoms with Gasteiger partial charge in [-0.1, -0.05) is 35.9 Å². The van der Waals surface area contributed by atoms with E-state index < -0.39 is 18.0 Å². The van der Waals surface area contributed by atoms with Gasteiger partial charge in [-0.2, -0.15) is 0 Å². The maximum atomic E-state index is 14.0. The standard InChI is InChI=1S/C27H27ClN4O4/c1-2-36-25(34)16-29-27(35)31(20-13-14-20)17-24(33)32-22-7-4-3-6-21(22)30-15-5-8-23(30)26(32)18-9-11-19(28)12-10-18/h3-12,15,20,26H,2,13-14,16-17H2,1H3,(H,29,35). The number of nitrogens with zero attached hydrogens (tertiary/aromatic N) is 3. The van der Waals surface area contributed by atoms with Crippen LogP contribution in [0.3, 0.4) is 0 Å². The number of halogens is 1. The largest absolute Gasteiger partial charge is 0.465 e. The molecular formula is C27H27ClN4O4. The maximum Gasteiger partial charge on any atom is 0.325 e. The molecule has 3 amide bonds. The Morgan fingerprint density at radius 1 is 1.03 bits per heavy atom. The topological polar surface area (TPSA) is 83.9 Å². The Hall–Kier alpha value is -3.78. The highest BCUT2D eigenvalue weighted by molar-refractivity contribution is 6.30. The summed E-state index contributed by atoms with van der Waals surface area (Å²) in [5.41, 5.74) is 3.50. The first-order valence-electron chi connectivity index (χ1n) is 12.0. The van der Waals surface area contributed by atoms with Crippen LogP contribution in [0.5, 0.6) is 0 Å². The van der Waals surface area contributed by atoms with E-state index in [1.165, 1.54) is 4.90 Å². The van der Waals surface area contributed by atoms with E-state index in [1.807, 2.05) is 66.9 Å². The molecule has 1 saturated carbocycles. The van der Waals surface area contributed by atoms with Gasteiger partial charge in [0.05, 0.1) is 23.7 Å². The van der Waals surface area contributed by atoms with Gasteiger partial charge in [0.15, 0.2) is 0 Å². The van der Waals surface area contributed by atoms with Crippen LogP contribution in [0.15, 0.2) is 66.9 Å². The number of carbonyl (C=O) groups excluding carboxylic acids is 3. The summed E-state index contributed by atoms with van der Waals surface area (Å²) < 4.78 is 6.99. The molecule has 1 aliphatic heterocycles. The molecule has 2 aromatic carbocycles. The highest BCUT2D eigenvalue weighted by atomic mass is 35.5. The van der Waals surface area contributed by atoms with Crippen molar-refractivity contribution in [3.8, 4) is 5.69 Å². The summed E-state index contributed by atoms with van der Waals surface area (Å²) in [6.07, 6.45) is 3.62. The molecule has 1 fully saturated rings. The number of ether oxygens (including phenoxy) is 1. The van der Waals surface area contributed by atoms with E-state index in [-0.39, 0.29) is 31.6 Å². The van der Waals surface area contributed by atoms with Gasteiger partial charge in [0.2, 0.25) is 5.91 Å². The molecule has 1 N–H and O–H groups in total. The molecule has 0 spiro atoms. The second-order valence-electron chi connectivity index (χ2n) is 8.83. The average Bonchev–Trinajstić information content (AvgIpc) is 3.60. The molecule has 1 atom stereocenters. The van der Waals surface area contributed by atoms with Gasteiger partial charge < -0.3 is 19.5 Å². The third-order valence-electron chi connectivity index (χ3n) is 6.42. The molecule has 0 bridgehead atoms. The molecular weight excluding hydrogens is 480 g/mol. The van der Waals surface area contributed by atoms with E-state index in [0.717, 1.165) is 35.5 Å². The van der Waals surface area contributed by atoms with Crippen molar-refractivity contribution in [2.24, 2.45) is 0 Å². The number of para-hydroxylation sites is 2. The van der Waals surface area contributed by atoms with Gasteiger partial charge >= 0.3 is 12.0 Å². The Labute approximate surface area is 214 Å². The van der Waals surface area contributed by atoms with Gasteiger partial charge in [0.25, 0.3) is 0 Å². The van der Waals surface area contributed by atoms with E-state index in [4.69, 9.17) is 16.3 Å². The van der Waals surface area contributed by atoms with E-state index >= 15 is 0 Å². The van der Waals surface area contributed by atoms with Crippen molar-refractivity contribution in [2.75, 3.05) is 24.6 Å². The number of urea groups is 1. The smallest absolute Gasteiger partial charge is 0.325 e. The molecule has 0 saturated heterocycles. The lowest BCUT2D eigenvalue weighted by Gasteiger charge is -2.39. The molecule has 2 aliphatic rings. The molecule has 9 heteroatoms. The Morgan fingerprint density at radius 2 is 1.75 bits per heavy atom. The quantitative estimate of drug-likeness (QED) is 0.484. The van der Waals surface area contributed by atoms with E-state index in [9.17, 15) is 14.4 Å². The Morgan fingerprint density at radius 3 is 2.44 bits per heavy atom. The van der Waals surface area contributed by atoms with Crippen molar-refractivity contribution in [3.63, 3.8) is 0 Å². The summed E-state index contributed by atoms with van der Waals surface area (Å²) in [4.78, 5) is 42.0. The number of rotatable bonds is 7. The average molecular weight is 507 g/mol. The van der Waals surface area contributed by atoms with Crippen LogP contribution in [0.4, 0.5) is 10.5 Å². The Balaban J connectivity index is 1.47. The predicted octanol–water partition coefficient (Wildman–Crippen LogP) is 4.30. The highest BCUT2D eigenvalue weighted by Crippen LogP contribution is 2.42. The molecule has 3 aromatic rings. The number of fused-ring (bicyclic) bond motifs is 3. The summed E-state index contributed by atoms with van der Waals surface area (Å²) in [6, 6.07) is 18.3. The van der Waals surface area contributed by atoms with Crippen LogP contribution in [0.1, 0.15) is 37.1 Å². The van der Waals surface area contributed by atoms with Crippen molar-refractivity contribution < 1.29 is 19.1 Å². The SMILES string of the molecule is CCOC(=O)CNC(=O)N(CC(=O)N1c2ccccc2-n2cccc2C1c1ccc(Cl)cc1)C1CC1. The summed E-state index contributed by atoms with van der Waals surface area (Å²) in [7, 11) is 0. The number of hydrogen-bond donors (Lipinski definition) is 1. The molecule has 186 valence electrons. The maximum absolute atomic E-state index is 14.0. The predicted molar refractivity (Wildman–Crippen MR) is 136 cm³/mol. The summed E-state index contributed by atoms with van der Waals surface area (Å²) >= 11 is 6.16. The molecule has 8 nitrogen and oxygen atoms in total. The fraction of sp³-hybridized carbons (Fsp3) is 0.296. The first kappa shape index (κ1) is 23.9. The summed E-state index contributed by atoms with van der Waals surface area (Å²) in [5.74, 6) is -0.727. The van der Waals surface area contributed by atoms with Gasteiger partial charge in [-0.25, -0.2) is 4.79 Å². The zero-order valence-corrected chi connectivity index (χ0v) is 20.6. The minimum absolute atomic E-state index is 0.0333. The fourth-order valence-corrected chi connectivity index (χ4v) is 4.78. The minimum atomic E-state index is -0.513. The third kappa shape index (κ3) is 4.68. The van der Waals surface area contributed by atoms with Crippen LogP contribution in [-0.2, 0) is 14.3 Å². The number of benzene rings is 2. The van der Waals surface area contributed by atoms with E-state index in [0.29, 0.717) is 5.02 Å². The number of carbonyl (C=O) groups is 3. The number of nitrogens with one attached hydrogen (secondary N) is 1. The Bertz CT molecular complexity index is 1280. The van der Waals surface area contributed by atoms with Crippen molar-refractivity contribution in [1.29, 1.82) is 0 Å². The lowest BCUT2D eigenvalue weighted by molar-refractivity contribution is -0.141. The van der Waals surface area contributed by atoms with Crippen LogP contribution in [0.2, 0.25) is 5.02 Å². The molecule has 5 rings (SSSR count). The second kappa shape index (κ2) is 10.1. The zero-order chi connectivity index (χ0) is 25.2. The fourth-order valence-electron chi connectivity index (χ4n) is 4.66. The normalized spacial score (nSPS) is 16.1. The van der Waals surface area contributed by atoms with Gasteiger partial charge in [-0.05, 0) is 61.7 Å². The summed E-state index contributed by atoms with van der Waals surface area (Å²) in [6.45, 7) is 1.59. The van der Waals surface area contributed by atoms with Crippen molar-refractivity contribution in [3.05, 3.63) is 83.1 Å².